The van der Waals surface area contributed by atoms with Crippen molar-refractivity contribution < 1.29 is 9.53 Å². The number of hydrogen-bond donors (Lipinski definition) is 0. The molecule has 1 amide bonds. The van der Waals surface area contributed by atoms with E-state index in [1.807, 2.05) is 11.0 Å². The normalized spacial score (nSPS) is 23.0. The first-order chi connectivity index (χ1) is 10.6. The highest BCUT2D eigenvalue weighted by atomic mass is 16.5. The van der Waals surface area contributed by atoms with Crippen LogP contribution in [-0.2, 0) is 23.1 Å². The topological polar surface area (TPSA) is 54.8 Å². The monoisotopic (exact) mass is 305 g/mol. The number of aryl methyl sites for hydroxylation is 1. The SMILES string of the molecule is Cn1ccc(CN2CCN(C(=O)[C@@H]3CCCO3)CC2)cc1=O. The quantitative estimate of drug-likeness (QED) is 0.801. The van der Waals surface area contributed by atoms with Gasteiger partial charge in [-0.25, -0.2) is 0 Å². The lowest BCUT2D eigenvalue weighted by atomic mass is 10.2. The largest absolute Gasteiger partial charge is 0.368 e. The van der Waals surface area contributed by atoms with Gasteiger partial charge in [0.15, 0.2) is 0 Å². The van der Waals surface area contributed by atoms with E-state index in [-0.39, 0.29) is 17.6 Å². The lowest BCUT2D eigenvalue weighted by molar-refractivity contribution is -0.142. The maximum absolute atomic E-state index is 12.3. The maximum atomic E-state index is 12.3. The molecule has 1 atom stereocenters. The Morgan fingerprint density at radius 2 is 2.09 bits per heavy atom. The molecule has 1 aromatic heterocycles. The van der Waals surface area contributed by atoms with E-state index in [1.165, 1.54) is 0 Å². The molecular formula is C16H23N3O3. The van der Waals surface area contributed by atoms with Crippen LogP contribution in [-0.4, -0.2) is 59.2 Å². The van der Waals surface area contributed by atoms with E-state index in [0.717, 1.165) is 51.1 Å². The molecular weight excluding hydrogens is 282 g/mol. The van der Waals surface area contributed by atoms with E-state index in [0.29, 0.717) is 6.61 Å². The summed E-state index contributed by atoms with van der Waals surface area (Å²) in [5.41, 5.74) is 1.05. The van der Waals surface area contributed by atoms with Crippen LogP contribution in [0.2, 0.25) is 0 Å². The van der Waals surface area contributed by atoms with Crippen LogP contribution >= 0.6 is 0 Å². The Hall–Kier alpha value is -1.66. The predicted octanol–water partition coefficient (Wildman–Crippen LogP) is 0.209. The Bertz CT molecular complexity index is 585. The van der Waals surface area contributed by atoms with Crippen LogP contribution in [0.4, 0.5) is 0 Å². The summed E-state index contributed by atoms with van der Waals surface area (Å²) >= 11 is 0. The standard InChI is InChI=1S/C16H23N3O3/c1-17-5-4-13(11-15(17)20)12-18-6-8-19(9-7-18)16(21)14-3-2-10-22-14/h4-5,11,14H,2-3,6-10,12H2,1H3/t14-/m0/s1. The summed E-state index contributed by atoms with van der Waals surface area (Å²) in [5.74, 6) is 0.144. The molecule has 0 radical (unpaired) electrons. The van der Waals surface area contributed by atoms with Crippen molar-refractivity contribution in [1.82, 2.24) is 14.4 Å². The van der Waals surface area contributed by atoms with Gasteiger partial charge >= 0.3 is 0 Å². The zero-order valence-electron chi connectivity index (χ0n) is 13.0. The molecule has 0 unspecified atom stereocenters. The Labute approximate surface area is 130 Å². The zero-order valence-corrected chi connectivity index (χ0v) is 13.0. The van der Waals surface area contributed by atoms with Gasteiger partial charge in [0.2, 0.25) is 0 Å². The molecule has 2 fully saturated rings. The van der Waals surface area contributed by atoms with Crippen molar-refractivity contribution in [2.24, 2.45) is 7.05 Å². The summed E-state index contributed by atoms with van der Waals surface area (Å²) in [4.78, 5) is 28.1. The van der Waals surface area contributed by atoms with Crippen LogP contribution in [0.1, 0.15) is 18.4 Å². The second-order valence-electron chi connectivity index (χ2n) is 6.09. The smallest absolute Gasteiger partial charge is 0.251 e. The minimum atomic E-state index is -0.219. The zero-order chi connectivity index (χ0) is 15.5. The third-order valence-corrected chi connectivity index (χ3v) is 4.46. The molecule has 120 valence electrons. The summed E-state index contributed by atoms with van der Waals surface area (Å²) in [5, 5.41) is 0. The van der Waals surface area contributed by atoms with Gasteiger partial charge in [-0.2, -0.15) is 0 Å². The van der Waals surface area contributed by atoms with Crippen LogP contribution in [0.3, 0.4) is 0 Å². The van der Waals surface area contributed by atoms with Gasteiger partial charge in [0.05, 0.1) is 0 Å². The lowest BCUT2D eigenvalue weighted by Gasteiger charge is -2.35. The molecule has 2 aliphatic heterocycles. The van der Waals surface area contributed by atoms with Crippen molar-refractivity contribution in [2.45, 2.75) is 25.5 Å². The van der Waals surface area contributed by atoms with Crippen molar-refractivity contribution in [2.75, 3.05) is 32.8 Å². The molecule has 0 N–H and O–H groups in total. The number of carbonyl (C=O) groups is 1. The Kier molecular flexibility index (Phi) is 4.59. The first-order valence-corrected chi connectivity index (χ1v) is 7.92. The van der Waals surface area contributed by atoms with E-state index in [1.54, 1.807) is 23.9 Å². The highest BCUT2D eigenvalue weighted by Gasteiger charge is 2.30. The van der Waals surface area contributed by atoms with Crippen molar-refractivity contribution in [3.8, 4) is 0 Å². The van der Waals surface area contributed by atoms with Gasteiger partial charge in [0, 0.05) is 58.6 Å². The van der Waals surface area contributed by atoms with Gasteiger partial charge in [-0.1, -0.05) is 0 Å². The first kappa shape index (κ1) is 15.2. The molecule has 1 aromatic rings. The van der Waals surface area contributed by atoms with Crippen molar-refractivity contribution in [3.05, 3.63) is 34.2 Å². The highest BCUT2D eigenvalue weighted by molar-refractivity contribution is 5.81. The number of pyridine rings is 1. The van der Waals surface area contributed by atoms with Crippen molar-refractivity contribution in [1.29, 1.82) is 0 Å². The van der Waals surface area contributed by atoms with Gasteiger partial charge in [-0.3, -0.25) is 14.5 Å². The molecule has 0 spiro atoms. The predicted molar refractivity (Wildman–Crippen MR) is 82.5 cm³/mol. The average molecular weight is 305 g/mol. The fourth-order valence-corrected chi connectivity index (χ4v) is 3.05. The molecule has 0 bridgehead atoms. The van der Waals surface area contributed by atoms with Crippen LogP contribution in [0.5, 0.6) is 0 Å². The summed E-state index contributed by atoms with van der Waals surface area (Å²) in [6, 6.07) is 3.66. The number of ether oxygens (including phenoxy) is 1. The first-order valence-electron chi connectivity index (χ1n) is 7.92. The molecule has 6 heteroatoms. The molecule has 2 saturated heterocycles. The maximum Gasteiger partial charge on any atom is 0.251 e. The molecule has 6 nitrogen and oxygen atoms in total. The second-order valence-corrected chi connectivity index (χ2v) is 6.09. The molecule has 2 aliphatic rings. The number of piperazine rings is 1. The number of carbonyl (C=O) groups excluding carboxylic acids is 1. The fourth-order valence-electron chi connectivity index (χ4n) is 3.05. The van der Waals surface area contributed by atoms with E-state index < -0.39 is 0 Å². The van der Waals surface area contributed by atoms with E-state index in [2.05, 4.69) is 4.90 Å². The number of nitrogens with zero attached hydrogens (tertiary/aromatic N) is 3. The molecule has 0 saturated carbocycles. The number of hydrogen-bond acceptors (Lipinski definition) is 4. The Morgan fingerprint density at radius 3 is 2.73 bits per heavy atom. The fraction of sp³-hybridized carbons (Fsp3) is 0.625. The van der Waals surface area contributed by atoms with Gasteiger partial charge in [-0.15, -0.1) is 0 Å². The van der Waals surface area contributed by atoms with Gasteiger partial charge in [-0.05, 0) is 24.5 Å². The van der Waals surface area contributed by atoms with Crippen LogP contribution in [0.15, 0.2) is 23.1 Å². The van der Waals surface area contributed by atoms with E-state index in [4.69, 9.17) is 4.74 Å². The van der Waals surface area contributed by atoms with Gasteiger partial charge < -0.3 is 14.2 Å². The van der Waals surface area contributed by atoms with Crippen molar-refractivity contribution in [3.63, 3.8) is 0 Å². The van der Waals surface area contributed by atoms with Crippen LogP contribution in [0.25, 0.3) is 0 Å². The molecule has 3 rings (SSSR count). The van der Waals surface area contributed by atoms with E-state index in [9.17, 15) is 9.59 Å². The number of amides is 1. The summed E-state index contributed by atoms with van der Waals surface area (Å²) in [6.45, 7) is 4.63. The Balaban J connectivity index is 1.52. The second kappa shape index (κ2) is 6.62. The van der Waals surface area contributed by atoms with E-state index >= 15 is 0 Å². The summed E-state index contributed by atoms with van der Waals surface area (Å²) in [6.07, 6.45) is 3.42. The lowest BCUT2D eigenvalue weighted by Crippen LogP contribution is -2.51. The number of aromatic nitrogens is 1. The van der Waals surface area contributed by atoms with Gasteiger partial charge in [0.25, 0.3) is 11.5 Å². The third kappa shape index (κ3) is 3.39. The minimum Gasteiger partial charge on any atom is -0.368 e. The van der Waals surface area contributed by atoms with Crippen LogP contribution in [0, 0.1) is 0 Å². The molecule has 3 heterocycles. The van der Waals surface area contributed by atoms with Gasteiger partial charge in [0.1, 0.15) is 6.10 Å². The minimum absolute atomic E-state index is 0.0182. The van der Waals surface area contributed by atoms with Crippen molar-refractivity contribution >= 4 is 5.91 Å². The summed E-state index contributed by atoms with van der Waals surface area (Å²) in [7, 11) is 1.75. The third-order valence-electron chi connectivity index (χ3n) is 4.46. The molecule has 0 aromatic carbocycles. The molecule has 0 aliphatic carbocycles. The van der Waals surface area contributed by atoms with Crippen LogP contribution < -0.4 is 5.56 Å². The summed E-state index contributed by atoms with van der Waals surface area (Å²) < 4.78 is 7.04. The molecule has 22 heavy (non-hydrogen) atoms. The number of rotatable bonds is 3. The Morgan fingerprint density at radius 1 is 1.32 bits per heavy atom. The highest BCUT2D eigenvalue weighted by Crippen LogP contribution is 2.16. The average Bonchev–Trinajstić information content (AvgIpc) is 3.05.